The van der Waals surface area contributed by atoms with Gasteiger partial charge in [-0.25, -0.2) is 13.1 Å². The second-order valence-electron chi connectivity index (χ2n) is 4.07. The molecule has 0 bridgehead atoms. The molecule has 0 fully saturated rings. The van der Waals surface area contributed by atoms with Crippen LogP contribution in [-0.2, 0) is 21.4 Å². The summed E-state index contributed by atoms with van der Waals surface area (Å²) in [5, 5.41) is 2.64. The minimum atomic E-state index is -3.20. The summed E-state index contributed by atoms with van der Waals surface area (Å²) in [6.07, 6.45) is 1.10. The van der Waals surface area contributed by atoms with E-state index in [-0.39, 0.29) is 12.5 Å². The minimum Gasteiger partial charge on any atom is -0.325 e. The standard InChI is InChI=1S/C11H17N3O3S/c1-8(12)11(15)14-10-5-3-9(4-6-10)7-13-18(2,16)17/h3-6,8,13H,7,12H2,1-2H3,(H,14,15)/t8-/m1/s1. The summed E-state index contributed by atoms with van der Waals surface area (Å²) >= 11 is 0. The number of anilines is 1. The number of hydrogen-bond donors (Lipinski definition) is 3. The molecule has 0 spiro atoms. The molecule has 0 radical (unpaired) electrons. The van der Waals surface area contributed by atoms with Gasteiger partial charge in [-0.3, -0.25) is 4.79 Å². The first-order valence-corrected chi connectivity index (χ1v) is 7.27. The number of nitrogens with one attached hydrogen (secondary N) is 2. The monoisotopic (exact) mass is 271 g/mol. The van der Waals surface area contributed by atoms with E-state index in [4.69, 9.17) is 5.73 Å². The van der Waals surface area contributed by atoms with Crippen LogP contribution in [0.4, 0.5) is 5.69 Å². The van der Waals surface area contributed by atoms with Crippen molar-refractivity contribution in [3.8, 4) is 0 Å². The molecule has 1 amide bonds. The molecule has 0 aromatic heterocycles. The lowest BCUT2D eigenvalue weighted by atomic mass is 10.2. The third-order valence-electron chi connectivity index (χ3n) is 2.17. The SMILES string of the molecule is C[C@@H](N)C(=O)Nc1ccc(CNS(C)(=O)=O)cc1. The normalized spacial score (nSPS) is 13.1. The summed E-state index contributed by atoms with van der Waals surface area (Å²) in [5.41, 5.74) is 6.85. The Morgan fingerprint density at radius 1 is 1.33 bits per heavy atom. The zero-order valence-corrected chi connectivity index (χ0v) is 11.1. The fourth-order valence-corrected chi connectivity index (χ4v) is 1.61. The van der Waals surface area contributed by atoms with Crippen molar-refractivity contribution in [3.63, 3.8) is 0 Å². The van der Waals surface area contributed by atoms with Gasteiger partial charge in [-0.2, -0.15) is 0 Å². The van der Waals surface area contributed by atoms with Crippen LogP contribution in [0.2, 0.25) is 0 Å². The second-order valence-corrected chi connectivity index (χ2v) is 5.90. The van der Waals surface area contributed by atoms with E-state index in [0.29, 0.717) is 5.69 Å². The van der Waals surface area contributed by atoms with Gasteiger partial charge in [-0.15, -0.1) is 0 Å². The van der Waals surface area contributed by atoms with Gasteiger partial charge in [0.15, 0.2) is 0 Å². The molecule has 0 unspecified atom stereocenters. The molecular weight excluding hydrogens is 254 g/mol. The lowest BCUT2D eigenvalue weighted by Gasteiger charge is -2.08. The highest BCUT2D eigenvalue weighted by Gasteiger charge is 2.07. The van der Waals surface area contributed by atoms with Crippen molar-refractivity contribution >= 4 is 21.6 Å². The van der Waals surface area contributed by atoms with Crippen molar-refractivity contribution < 1.29 is 13.2 Å². The van der Waals surface area contributed by atoms with Crippen LogP contribution in [0.25, 0.3) is 0 Å². The fourth-order valence-electron chi connectivity index (χ4n) is 1.18. The summed E-state index contributed by atoms with van der Waals surface area (Å²) in [4.78, 5) is 11.3. The zero-order chi connectivity index (χ0) is 13.8. The average Bonchev–Trinajstić information content (AvgIpc) is 2.27. The van der Waals surface area contributed by atoms with Crippen LogP contribution in [-0.4, -0.2) is 26.6 Å². The Balaban J connectivity index is 2.60. The lowest BCUT2D eigenvalue weighted by Crippen LogP contribution is -2.32. The van der Waals surface area contributed by atoms with Crippen LogP contribution >= 0.6 is 0 Å². The molecule has 0 aliphatic heterocycles. The molecule has 0 heterocycles. The first-order chi connectivity index (χ1) is 8.28. The van der Waals surface area contributed by atoms with E-state index in [1.807, 2.05) is 0 Å². The number of carbonyl (C=O) groups excluding carboxylic acids is 1. The van der Waals surface area contributed by atoms with Gasteiger partial charge >= 0.3 is 0 Å². The maximum atomic E-state index is 11.3. The van der Waals surface area contributed by atoms with E-state index in [9.17, 15) is 13.2 Å². The van der Waals surface area contributed by atoms with E-state index < -0.39 is 16.1 Å². The maximum Gasteiger partial charge on any atom is 0.240 e. The Bertz CT molecular complexity index is 509. The van der Waals surface area contributed by atoms with Crippen molar-refractivity contribution in [2.45, 2.75) is 19.5 Å². The highest BCUT2D eigenvalue weighted by Crippen LogP contribution is 2.09. The van der Waals surface area contributed by atoms with Crippen LogP contribution in [0, 0.1) is 0 Å². The first kappa shape index (κ1) is 14.6. The van der Waals surface area contributed by atoms with Crippen molar-refractivity contribution in [2.75, 3.05) is 11.6 Å². The molecule has 0 saturated carbocycles. The summed E-state index contributed by atoms with van der Waals surface area (Å²) < 4.78 is 24.2. The number of nitrogens with two attached hydrogens (primary N) is 1. The Morgan fingerprint density at radius 2 is 1.89 bits per heavy atom. The smallest absolute Gasteiger partial charge is 0.240 e. The Labute approximate surface area is 107 Å². The molecule has 1 aromatic carbocycles. The molecule has 1 aromatic rings. The van der Waals surface area contributed by atoms with Gasteiger partial charge in [0.05, 0.1) is 12.3 Å². The number of benzene rings is 1. The van der Waals surface area contributed by atoms with Crippen LogP contribution < -0.4 is 15.8 Å². The Hall–Kier alpha value is -1.44. The third kappa shape index (κ3) is 5.26. The highest BCUT2D eigenvalue weighted by molar-refractivity contribution is 7.88. The fraction of sp³-hybridized carbons (Fsp3) is 0.364. The van der Waals surface area contributed by atoms with Gasteiger partial charge < -0.3 is 11.1 Å². The zero-order valence-electron chi connectivity index (χ0n) is 10.3. The predicted molar refractivity (Wildman–Crippen MR) is 70.4 cm³/mol. The summed E-state index contributed by atoms with van der Waals surface area (Å²) in [6.45, 7) is 1.82. The molecular formula is C11H17N3O3S. The van der Waals surface area contributed by atoms with Gasteiger partial charge in [0.2, 0.25) is 15.9 Å². The van der Waals surface area contributed by atoms with Gasteiger partial charge in [0.25, 0.3) is 0 Å². The maximum absolute atomic E-state index is 11.3. The summed E-state index contributed by atoms with van der Waals surface area (Å²) in [5.74, 6) is -0.267. The van der Waals surface area contributed by atoms with Crippen molar-refractivity contribution in [1.82, 2.24) is 4.72 Å². The first-order valence-electron chi connectivity index (χ1n) is 5.38. The largest absolute Gasteiger partial charge is 0.325 e. The molecule has 0 aliphatic carbocycles. The number of hydrogen-bond acceptors (Lipinski definition) is 4. The van der Waals surface area contributed by atoms with Crippen LogP contribution in [0.1, 0.15) is 12.5 Å². The van der Waals surface area contributed by atoms with E-state index in [2.05, 4.69) is 10.0 Å². The molecule has 0 saturated heterocycles. The van der Waals surface area contributed by atoms with Crippen molar-refractivity contribution in [1.29, 1.82) is 0 Å². The second kappa shape index (κ2) is 5.94. The molecule has 18 heavy (non-hydrogen) atoms. The van der Waals surface area contributed by atoms with Crippen LogP contribution in [0.3, 0.4) is 0 Å². The van der Waals surface area contributed by atoms with Gasteiger partial charge in [0, 0.05) is 12.2 Å². The quantitative estimate of drug-likeness (QED) is 0.702. The van der Waals surface area contributed by atoms with Gasteiger partial charge in [-0.05, 0) is 24.6 Å². The molecule has 100 valence electrons. The molecule has 7 heteroatoms. The number of sulfonamides is 1. The van der Waals surface area contributed by atoms with Crippen molar-refractivity contribution in [3.05, 3.63) is 29.8 Å². The molecule has 0 aliphatic rings. The van der Waals surface area contributed by atoms with E-state index in [1.165, 1.54) is 0 Å². The Kier molecular flexibility index (Phi) is 4.83. The van der Waals surface area contributed by atoms with E-state index in [0.717, 1.165) is 11.8 Å². The molecule has 6 nitrogen and oxygen atoms in total. The average molecular weight is 271 g/mol. The van der Waals surface area contributed by atoms with E-state index in [1.54, 1.807) is 31.2 Å². The van der Waals surface area contributed by atoms with Crippen molar-refractivity contribution in [2.24, 2.45) is 5.73 Å². The molecule has 1 rings (SSSR count). The lowest BCUT2D eigenvalue weighted by molar-refractivity contribution is -0.117. The summed E-state index contributed by atoms with van der Waals surface area (Å²) in [6, 6.07) is 6.28. The number of rotatable bonds is 5. The number of carbonyl (C=O) groups is 1. The van der Waals surface area contributed by atoms with Gasteiger partial charge in [-0.1, -0.05) is 12.1 Å². The third-order valence-corrected chi connectivity index (χ3v) is 2.84. The molecule has 1 atom stereocenters. The summed E-state index contributed by atoms with van der Waals surface area (Å²) in [7, 11) is -3.20. The van der Waals surface area contributed by atoms with Gasteiger partial charge in [0.1, 0.15) is 0 Å². The van der Waals surface area contributed by atoms with Crippen LogP contribution in [0.5, 0.6) is 0 Å². The predicted octanol–water partition coefficient (Wildman–Crippen LogP) is 0.0215. The topological polar surface area (TPSA) is 101 Å². The minimum absolute atomic E-state index is 0.223. The molecule has 4 N–H and O–H groups in total. The number of amides is 1. The Morgan fingerprint density at radius 3 is 2.33 bits per heavy atom. The van der Waals surface area contributed by atoms with Crippen LogP contribution in [0.15, 0.2) is 24.3 Å². The van der Waals surface area contributed by atoms with E-state index >= 15 is 0 Å². The highest BCUT2D eigenvalue weighted by atomic mass is 32.2.